The van der Waals surface area contributed by atoms with Crippen molar-refractivity contribution in [2.24, 2.45) is 17.6 Å². The smallest absolute Gasteiger partial charge is 0.211 e. The summed E-state index contributed by atoms with van der Waals surface area (Å²) in [6, 6.07) is 0.0714. The lowest BCUT2D eigenvalue weighted by Crippen LogP contribution is -2.41. The van der Waals surface area contributed by atoms with Crippen molar-refractivity contribution in [2.75, 3.05) is 12.3 Å². The van der Waals surface area contributed by atoms with Gasteiger partial charge in [0.05, 0.1) is 5.75 Å². The van der Waals surface area contributed by atoms with E-state index in [2.05, 4.69) is 4.72 Å². The average molecular weight is 285 g/mol. The molecule has 0 radical (unpaired) electrons. The second kappa shape index (κ2) is 7.56. The molecule has 3 N–H and O–H groups in total. The molecule has 0 aromatic heterocycles. The van der Waals surface area contributed by atoms with Gasteiger partial charge in [-0.05, 0) is 37.6 Å². The molecule has 2 atom stereocenters. The molecule has 0 amide bonds. The lowest BCUT2D eigenvalue weighted by atomic mass is 10.1. The summed E-state index contributed by atoms with van der Waals surface area (Å²) in [6.07, 6.45) is 3.78. The predicted octanol–water partition coefficient (Wildman–Crippen LogP) is 1.50. The van der Waals surface area contributed by atoms with Crippen molar-refractivity contribution in [1.82, 2.24) is 4.72 Å². The minimum atomic E-state index is -3.11. The summed E-state index contributed by atoms with van der Waals surface area (Å²) in [5.74, 6) is 0.984. The fraction of sp³-hybridized carbons (Fsp3) is 1.00. The first kappa shape index (κ1) is 17.2. The number of hydrogen-bond donors (Lipinski definition) is 2. The molecule has 1 rings (SSSR count). The molecule has 104 valence electrons. The largest absolute Gasteiger partial charge is 0.330 e. The van der Waals surface area contributed by atoms with Crippen molar-refractivity contribution >= 4 is 22.4 Å². The Labute approximate surface area is 111 Å². The Morgan fingerprint density at radius 2 is 2.00 bits per heavy atom. The lowest BCUT2D eigenvalue weighted by Gasteiger charge is -2.19. The minimum Gasteiger partial charge on any atom is -0.330 e. The van der Waals surface area contributed by atoms with Crippen LogP contribution in [-0.2, 0) is 10.0 Å². The summed E-state index contributed by atoms with van der Waals surface area (Å²) < 4.78 is 26.4. The van der Waals surface area contributed by atoms with Gasteiger partial charge < -0.3 is 5.73 Å². The second-order valence-corrected chi connectivity index (χ2v) is 7.03. The van der Waals surface area contributed by atoms with Crippen LogP contribution in [0.25, 0.3) is 0 Å². The molecule has 0 bridgehead atoms. The van der Waals surface area contributed by atoms with E-state index in [-0.39, 0.29) is 24.2 Å². The average Bonchev–Trinajstić information content (AvgIpc) is 2.61. The highest BCUT2D eigenvalue weighted by Crippen LogP contribution is 2.25. The molecule has 0 heterocycles. The van der Waals surface area contributed by atoms with Crippen molar-refractivity contribution in [3.05, 3.63) is 0 Å². The van der Waals surface area contributed by atoms with E-state index in [9.17, 15) is 8.42 Å². The number of nitrogens with two attached hydrogens (primary N) is 1. The second-order valence-electron chi connectivity index (χ2n) is 5.15. The number of hydrogen-bond acceptors (Lipinski definition) is 3. The maximum Gasteiger partial charge on any atom is 0.211 e. The molecule has 4 nitrogen and oxygen atoms in total. The molecule has 0 saturated heterocycles. The van der Waals surface area contributed by atoms with Crippen LogP contribution in [-0.4, -0.2) is 26.8 Å². The Morgan fingerprint density at radius 1 is 1.35 bits per heavy atom. The Balaban J connectivity index is 0.00000256. The summed E-state index contributed by atoms with van der Waals surface area (Å²) in [5, 5.41) is 0. The molecule has 1 aliphatic rings. The van der Waals surface area contributed by atoms with E-state index < -0.39 is 10.0 Å². The maximum atomic E-state index is 11.8. The topological polar surface area (TPSA) is 72.2 Å². The van der Waals surface area contributed by atoms with Crippen molar-refractivity contribution in [3.63, 3.8) is 0 Å². The molecule has 2 unspecified atom stereocenters. The van der Waals surface area contributed by atoms with Crippen LogP contribution in [0.3, 0.4) is 0 Å². The first-order valence-electron chi connectivity index (χ1n) is 6.14. The standard InChI is InChI=1S/C11H24N2O2S.ClH/c1-9(2)6-7-16(14,15)13-11-5-3-4-10(11)8-12;/h9-11,13H,3-8,12H2,1-2H3;1H. The number of nitrogens with one attached hydrogen (secondary N) is 1. The van der Waals surface area contributed by atoms with Crippen LogP contribution in [0.5, 0.6) is 0 Å². The van der Waals surface area contributed by atoms with Crippen LogP contribution in [0, 0.1) is 11.8 Å². The molecular formula is C11H25ClN2O2S. The molecule has 1 fully saturated rings. The number of halogens is 1. The van der Waals surface area contributed by atoms with Crippen molar-refractivity contribution < 1.29 is 8.42 Å². The molecule has 0 aromatic rings. The van der Waals surface area contributed by atoms with Crippen LogP contribution in [0.4, 0.5) is 0 Å². The van der Waals surface area contributed by atoms with Crippen LogP contribution in [0.15, 0.2) is 0 Å². The molecule has 1 saturated carbocycles. The van der Waals surface area contributed by atoms with E-state index in [4.69, 9.17) is 5.73 Å². The SMILES string of the molecule is CC(C)CCS(=O)(=O)NC1CCCC1CN.Cl. The van der Waals surface area contributed by atoms with Gasteiger partial charge in [-0.15, -0.1) is 12.4 Å². The zero-order valence-corrected chi connectivity index (χ0v) is 12.3. The van der Waals surface area contributed by atoms with E-state index >= 15 is 0 Å². The zero-order valence-electron chi connectivity index (χ0n) is 10.7. The number of rotatable bonds is 6. The Bertz CT molecular complexity index is 307. The summed E-state index contributed by atoms with van der Waals surface area (Å²) in [7, 11) is -3.11. The lowest BCUT2D eigenvalue weighted by molar-refractivity contribution is 0.451. The normalized spacial score (nSPS) is 24.9. The third kappa shape index (κ3) is 6.04. The van der Waals surface area contributed by atoms with E-state index in [1.165, 1.54) is 0 Å². The van der Waals surface area contributed by atoms with Gasteiger partial charge in [-0.1, -0.05) is 20.3 Å². The van der Waals surface area contributed by atoms with Crippen molar-refractivity contribution in [3.8, 4) is 0 Å². The Kier molecular flexibility index (Phi) is 7.63. The first-order chi connectivity index (χ1) is 7.44. The molecule has 0 spiro atoms. The molecular weight excluding hydrogens is 260 g/mol. The number of sulfonamides is 1. The summed E-state index contributed by atoms with van der Waals surface area (Å²) >= 11 is 0. The fourth-order valence-electron chi connectivity index (χ4n) is 2.15. The van der Waals surface area contributed by atoms with Gasteiger partial charge in [-0.2, -0.15) is 0 Å². The van der Waals surface area contributed by atoms with Gasteiger partial charge in [-0.25, -0.2) is 13.1 Å². The highest BCUT2D eigenvalue weighted by molar-refractivity contribution is 7.89. The van der Waals surface area contributed by atoms with E-state index in [1.807, 2.05) is 13.8 Å². The van der Waals surface area contributed by atoms with E-state index in [0.29, 0.717) is 18.4 Å². The maximum absolute atomic E-state index is 11.8. The van der Waals surface area contributed by atoms with E-state index in [1.54, 1.807) is 0 Å². The van der Waals surface area contributed by atoms with Crippen LogP contribution < -0.4 is 10.5 Å². The summed E-state index contributed by atoms with van der Waals surface area (Å²) in [5.41, 5.74) is 5.63. The van der Waals surface area contributed by atoms with Crippen LogP contribution >= 0.6 is 12.4 Å². The van der Waals surface area contributed by atoms with Crippen LogP contribution in [0.2, 0.25) is 0 Å². The Hall–Kier alpha value is 0.160. The van der Waals surface area contributed by atoms with Gasteiger partial charge in [-0.3, -0.25) is 0 Å². The van der Waals surface area contributed by atoms with Crippen molar-refractivity contribution in [2.45, 2.75) is 45.6 Å². The van der Waals surface area contributed by atoms with Gasteiger partial charge in [0.15, 0.2) is 0 Å². The van der Waals surface area contributed by atoms with Gasteiger partial charge in [0.2, 0.25) is 10.0 Å². The molecule has 0 aromatic carbocycles. The monoisotopic (exact) mass is 284 g/mol. The highest BCUT2D eigenvalue weighted by Gasteiger charge is 2.29. The van der Waals surface area contributed by atoms with Gasteiger partial charge in [0.1, 0.15) is 0 Å². The zero-order chi connectivity index (χ0) is 12.2. The Morgan fingerprint density at radius 3 is 2.53 bits per heavy atom. The van der Waals surface area contributed by atoms with Gasteiger partial charge in [0, 0.05) is 6.04 Å². The molecule has 17 heavy (non-hydrogen) atoms. The highest BCUT2D eigenvalue weighted by atomic mass is 35.5. The minimum absolute atomic E-state index is 0. The molecule has 6 heteroatoms. The van der Waals surface area contributed by atoms with E-state index in [0.717, 1.165) is 25.7 Å². The fourth-order valence-corrected chi connectivity index (χ4v) is 3.83. The third-order valence-corrected chi connectivity index (χ3v) is 4.69. The predicted molar refractivity (Wildman–Crippen MR) is 73.8 cm³/mol. The third-order valence-electron chi connectivity index (χ3n) is 3.26. The van der Waals surface area contributed by atoms with Gasteiger partial charge in [0.25, 0.3) is 0 Å². The van der Waals surface area contributed by atoms with Gasteiger partial charge >= 0.3 is 0 Å². The molecule has 0 aliphatic heterocycles. The molecule has 1 aliphatic carbocycles. The summed E-state index contributed by atoms with van der Waals surface area (Å²) in [6.45, 7) is 4.65. The first-order valence-corrected chi connectivity index (χ1v) is 7.80. The summed E-state index contributed by atoms with van der Waals surface area (Å²) in [4.78, 5) is 0. The van der Waals surface area contributed by atoms with Crippen molar-refractivity contribution in [1.29, 1.82) is 0 Å². The quantitative estimate of drug-likeness (QED) is 0.776. The van der Waals surface area contributed by atoms with Crippen LogP contribution in [0.1, 0.15) is 39.5 Å².